The Bertz CT molecular complexity index is 1240. The summed E-state index contributed by atoms with van der Waals surface area (Å²) in [6.07, 6.45) is 10.9. The largest absolute Gasteiger partial charge is 0.340 e. The quantitative estimate of drug-likeness (QED) is 0.565. The number of likely N-dealkylation sites (tertiary alicyclic amines) is 1. The third-order valence-electron chi connectivity index (χ3n) is 5.20. The molecule has 3 aromatic heterocycles. The fourth-order valence-electron chi connectivity index (χ4n) is 3.63. The highest BCUT2D eigenvalue weighted by atomic mass is 19.1. The third kappa shape index (κ3) is 3.38. The van der Waals surface area contributed by atoms with E-state index in [2.05, 4.69) is 20.3 Å². The monoisotopic (exact) mass is 405 g/mol. The number of hydrogen-bond donors (Lipinski definition) is 1. The van der Waals surface area contributed by atoms with Gasteiger partial charge in [-0.2, -0.15) is 0 Å². The van der Waals surface area contributed by atoms with Gasteiger partial charge in [-0.1, -0.05) is 0 Å². The zero-order chi connectivity index (χ0) is 20.7. The van der Waals surface area contributed by atoms with E-state index < -0.39 is 5.82 Å². The molecule has 1 aromatic carbocycles. The molecule has 4 aromatic rings. The molecule has 30 heavy (non-hydrogen) atoms. The Morgan fingerprint density at radius 1 is 1.10 bits per heavy atom. The van der Waals surface area contributed by atoms with Crippen LogP contribution in [0.4, 0.5) is 14.9 Å². The van der Waals surface area contributed by atoms with Gasteiger partial charge in [-0.05, 0) is 31.0 Å². The number of rotatable bonds is 3. The highest BCUT2D eigenvalue weighted by molar-refractivity contribution is 5.90. The van der Waals surface area contributed by atoms with E-state index in [0.717, 1.165) is 37.2 Å². The van der Waals surface area contributed by atoms with E-state index in [9.17, 15) is 9.18 Å². The molecule has 0 bridgehead atoms. The van der Waals surface area contributed by atoms with Gasteiger partial charge in [0.2, 0.25) is 5.78 Å². The lowest BCUT2D eigenvalue weighted by atomic mass is 10.1. The van der Waals surface area contributed by atoms with Gasteiger partial charge in [0.15, 0.2) is 0 Å². The van der Waals surface area contributed by atoms with E-state index in [-0.39, 0.29) is 6.03 Å². The summed E-state index contributed by atoms with van der Waals surface area (Å²) in [7, 11) is 1.90. The first kappa shape index (κ1) is 18.3. The fourth-order valence-corrected chi connectivity index (χ4v) is 3.63. The number of halogens is 1. The number of imidazole rings is 2. The minimum absolute atomic E-state index is 0.165. The second-order valence-corrected chi connectivity index (χ2v) is 7.42. The van der Waals surface area contributed by atoms with Crippen LogP contribution in [-0.2, 0) is 7.05 Å². The van der Waals surface area contributed by atoms with Gasteiger partial charge >= 0.3 is 6.03 Å². The lowest BCUT2D eigenvalue weighted by Gasteiger charge is -2.16. The molecule has 1 aliphatic heterocycles. The van der Waals surface area contributed by atoms with Crippen molar-refractivity contribution in [2.24, 2.45) is 7.05 Å². The number of hydrogen-bond acceptors (Lipinski definition) is 4. The molecule has 1 aliphatic rings. The van der Waals surface area contributed by atoms with E-state index in [1.54, 1.807) is 40.2 Å². The SMILES string of the molecule is Cn1cnc(-c2cnc3nc(-c4cc(NC(=O)N5CCCC5)ccc4F)cn3c2)c1. The summed E-state index contributed by atoms with van der Waals surface area (Å²) in [4.78, 5) is 27.2. The summed E-state index contributed by atoms with van der Waals surface area (Å²) in [5.74, 6) is 0.0399. The first-order chi connectivity index (χ1) is 14.6. The number of aryl methyl sites for hydroxylation is 1. The van der Waals surface area contributed by atoms with Crippen LogP contribution in [0.2, 0.25) is 0 Å². The highest BCUT2D eigenvalue weighted by Gasteiger charge is 2.19. The Morgan fingerprint density at radius 3 is 2.70 bits per heavy atom. The number of carbonyl (C=O) groups is 1. The standard InChI is InChI=1S/C21H20FN7O/c1-27-11-18(24-13-27)14-9-23-20-26-19(12-29(20)10-14)16-8-15(4-5-17(16)22)25-21(30)28-6-2-3-7-28/h4-5,8-13H,2-3,6-7H2,1H3,(H,25,30). The molecule has 1 saturated heterocycles. The van der Waals surface area contributed by atoms with Crippen molar-refractivity contribution < 1.29 is 9.18 Å². The molecule has 9 heteroatoms. The van der Waals surface area contributed by atoms with Gasteiger partial charge in [-0.3, -0.25) is 4.40 Å². The second-order valence-electron chi connectivity index (χ2n) is 7.42. The molecular formula is C21H20FN7O. The van der Waals surface area contributed by atoms with Crippen LogP contribution in [0.1, 0.15) is 12.8 Å². The molecule has 0 unspecified atom stereocenters. The molecule has 4 heterocycles. The Hall–Kier alpha value is -3.75. The predicted molar refractivity (Wildman–Crippen MR) is 110 cm³/mol. The summed E-state index contributed by atoms with van der Waals surface area (Å²) in [6, 6.07) is 4.33. The smallest absolute Gasteiger partial charge is 0.321 e. The van der Waals surface area contributed by atoms with Crippen molar-refractivity contribution in [2.75, 3.05) is 18.4 Å². The van der Waals surface area contributed by atoms with Gasteiger partial charge in [-0.15, -0.1) is 0 Å². The molecule has 0 aliphatic carbocycles. The Balaban J connectivity index is 1.46. The number of nitrogens with one attached hydrogen (secondary N) is 1. The number of carbonyl (C=O) groups excluding carboxylic acids is 1. The highest BCUT2D eigenvalue weighted by Crippen LogP contribution is 2.27. The van der Waals surface area contributed by atoms with E-state index in [1.165, 1.54) is 6.07 Å². The average molecular weight is 405 g/mol. The first-order valence-corrected chi connectivity index (χ1v) is 9.76. The number of benzene rings is 1. The average Bonchev–Trinajstić information content (AvgIpc) is 3.49. The van der Waals surface area contributed by atoms with E-state index in [0.29, 0.717) is 22.7 Å². The lowest BCUT2D eigenvalue weighted by molar-refractivity contribution is 0.222. The van der Waals surface area contributed by atoms with Crippen LogP contribution >= 0.6 is 0 Å². The van der Waals surface area contributed by atoms with Crippen molar-refractivity contribution in [2.45, 2.75) is 12.8 Å². The first-order valence-electron chi connectivity index (χ1n) is 9.76. The van der Waals surface area contributed by atoms with Crippen molar-refractivity contribution in [1.29, 1.82) is 0 Å². The van der Waals surface area contributed by atoms with E-state index in [4.69, 9.17) is 0 Å². The number of nitrogens with zero attached hydrogens (tertiary/aromatic N) is 6. The van der Waals surface area contributed by atoms with Gasteiger partial charge in [0, 0.05) is 61.7 Å². The molecule has 0 atom stereocenters. The van der Waals surface area contributed by atoms with Gasteiger partial charge in [0.1, 0.15) is 5.82 Å². The van der Waals surface area contributed by atoms with Crippen LogP contribution < -0.4 is 5.32 Å². The molecule has 152 valence electrons. The minimum atomic E-state index is -0.414. The van der Waals surface area contributed by atoms with Gasteiger partial charge in [0.25, 0.3) is 0 Å². The Kier molecular flexibility index (Phi) is 4.42. The zero-order valence-electron chi connectivity index (χ0n) is 16.4. The van der Waals surface area contributed by atoms with Crippen molar-refractivity contribution in [3.05, 3.63) is 55.1 Å². The number of amides is 2. The number of anilines is 1. The van der Waals surface area contributed by atoms with Crippen LogP contribution in [0.5, 0.6) is 0 Å². The molecule has 8 nitrogen and oxygen atoms in total. The number of fused-ring (bicyclic) bond motifs is 1. The van der Waals surface area contributed by atoms with Gasteiger partial charge < -0.3 is 14.8 Å². The van der Waals surface area contributed by atoms with Crippen molar-refractivity contribution >= 4 is 17.5 Å². The molecule has 0 saturated carbocycles. The Labute approximate surface area is 172 Å². The second kappa shape index (κ2) is 7.25. The summed E-state index contributed by atoms with van der Waals surface area (Å²) < 4.78 is 18.2. The summed E-state index contributed by atoms with van der Waals surface area (Å²) in [6.45, 7) is 1.49. The van der Waals surface area contributed by atoms with Crippen LogP contribution in [0.25, 0.3) is 28.3 Å². The van der Waals surface area contributed by atoms with Crippen molar-refractivity contribution in [3.63, 3.8) is 0 Å². The maximum absolute atomic E-state index is 14.6. The molecular weight excluding hydrogens is 385 g/mol. The van der Waals surface area contributed by atoms with Gasteiger partial charge in [0.05, 0.1) is 17.7 Å². The van der Waals surface area contributed by atoms with Crippen molar-refractivity contribution in [3.8, 4) is 22.5 Å². The maximum atomic E-state index is 14.6. The minimum Gasteiger partial charge on any atom is -0.340 e. The third-order valence-corrected chi connectivity index (χ3v) is 5.20. The maximum Gasteiger partial charge on any atom is 0.321 e. The Morgan fingerprint density at radius 2 is 1.93 bits per heavy atom. The van der Waals surface area contributed by atoms with Crippen LogP contribution in [0.15, 0.2) is 49.3 Å². The lowest BCUT2D eigenvalue weighted by Crippen LogP contribution is -2.32. The summed E-state index contributed by atoms with van der Waals surface area (Å²) in [5.41, 5.74) is 2.90. The summed E-state index contributed by atoms with van der Waals surface area (Å²) >= 11 is 0. The predicted octanol–water partition coefficient (Wildman–Crippen LogP) is 3.56. The summed E-state index contributed by atoms with van der Waals surface area (Å²) in [5, 5.41) is 2.85. The number of urea groups is 1. The van der Waals surface area contributed by atoms with E-state index in [1.807, 2.05) is 24.0 Å². The molecule has 2 amide bonds. The van der Waals surface area contributed by atoms with E-state index >= 15 is 0 Å². The molecule has 5 rings (SSSR count). The van der Waals surface area contributed by atoms with Crippen LogP contribution in [0, 0.1) is 5.82 Å². The zero-order valence-corrected chi connectivity index (χ0v) is 16.4. The van der Waals surface area contributed by atoms with Crippen LogP contribution in [-0.4, -0.2) is 47.9 Å². The topological polar surface area (TPSA) is 80.3 Å². The number of aromatic nitrogens is 5. The van der Waals surface area contributed by atoms with Crippen molar-refractivity contribution in [1.82, 2.24) is 28.8 Å². The molecule has 1 fully saturated rings. The van der Waals surface area contributed by atoms with Crippen LogP contribution in [0.3, 0.4) is 0 Å². The molecule has 0 spiro atoms. The molecule has 0 radical (unpaired) electrons. The fraction of sp³-hybridized carbons (Fsp3) is 0.238. The molecule has 1 N–H and O–H groups in total. The normalized spacial score (nSPS) is 13.9. The van der Waals surface area contributed by atoms with Gasteiger partial charge in [-0.25, -0.2) is 24.1 Å².